The Morgan fingerprint density at radius 3 is 2.18 bits per heavy atom. The van der Waals surface area contributed by atoms with E-state index in [0.717, 1.165) is 4.47 Å². The SMILES string of the molecule is O=C(NN=Cc1cc(Br)cc(Br)c1OC(=O)c1ccc(Cl)cc1)c1cccc(NC(=O)c2ccc(Br)cc2)c1. The van der Waals surface area contributed by atoms with Gasteiger partial charge in [-0.15, -0.1) is 0 Å². The van der Waals surface area contributed by atoms with Crippen molar-refractivity contribution in [3.8, 4) is 5.75 Å². The number of nitrogens with zero attached hydrogens (tertiary/aromatic N) is 1. The Kier molecular flexibility index (Phi) is 9.68. The Morgan fingerprint density at radius 1 is 0.769 bits per heavy atom. The van der Waals surface area contributed by atoms with Crippen molar-refractivity contribution in [3.63, 3.8) is 0 Å². The van der Waals surface area contributed by atoms with Gasteiger partial charge >= 0.3 is 5.97 Å². The molecule has 2 N–H and O–H groups in total. The van der Waals surface area contributed by atoms with E-state index >= 15 is 0 Å². The number of esters is 1. The number of benzene rings is 4. The lowest BCUT2D eigenvalue weighted by atomic mass is 10.1. The molecule has 0 fully saturated rings. The molecule has 11 heteroatoms. The summed E-state index contributed by atoms with van der Waals surface area (Å²) in [6.45, 7) is 0. The van der Waals surface area contributed by atoms with Crippen LogP contribution in [0.25, 0.3) is 0 Å². The zero-order valence-corrected chi connectivity index (χ0v) is 25.3. The topological polar surface area (TPSA) is 96.9 Å². The molecule has 0 aromatic heterocycles. The number of halogens is 4. The number of carbonyl (C=O) groups is 3. The number of ether oxygens (including phenoxy) is 1. The third-order valence-corrected chi connectivity index (χ3v) is 7.00. The van der Waals surface area contributed by atoms with E-state index in [2.05, 4.69) is 63.6 Å². The molecular formula is C28H17Br3ClN3O4. The maximum atomic E-state index is 12.7. The van der Waals surface area contributed by atoms with E-state index in [1.807, 2.05) is 0 Å². The van der Waals surface area contributed by atoms with E-state index < -0.39 is 11.9 Å². The number of nitrogens with one attached hydrogen (secondary N) is 2. The fourth-order valence-corrected chi connectivity index (χ4v) is 5.02. The first kappa shape index (κ1) is 28.7. The predicted molar refractivity (Wildman–Crippen MR) is 162 cm³/mol. The van der Waals surface area contributed by atoms with Crippen LogP contribution in [-0.2, 0) is 0 Å². The molecule has 0 unspecified atom stereocenters. The molecule has 0 heterocycles. The van der Waals surface area contributed by atoms with Crippen molar-refractivity contribution in [2.45, 2.75) is 0 Å². The van der Waals surface area contributed by atoms with Crippen molar-refractivity contribution in [1.29, 1.82) is 0 Å². The van der Waals surface area contributed by atoms with E-state index in [1.165, 1.54) is 12.3 Å². The van der Waals surface area contributed by atoms with Crippen LogP contribution < -0.4 is 15.5 Å². The number of anilines is 1. The highest BCUT2D eigenvalue weighted by Gasteiger charge is 2.16. The number of amides is 2. The lowest BCUT2D eigenvalue weighted by Gasteiger charge is -2.11. The highest BCUT2D eigenvalue weighted by atomic mass is 79.9. The highest BCUT2D eigenvalue weighted by molar-refractivity contribution is 9.11. The van der Waals surface area contributed by atoms with Crippen molar-refractivity contribution >= 4 is 89.1 Å². The number of rotatable bonds is 7. The van der Waals surface area contributed by atoms with Crippen LogP contribution >= 0.6 is 59.4 Å². The maximum absolute atomic E-state index is 12.7. The van der Waals surface area contributed by atoms with Crippen LogP contribution in [0.4, 0.5) is 5.69 Å². The van der Waals surface area contributed by atoms with Crippen molar-refractivity contribution in [2.75, 3.05) is 5.32 Å². The molecule has 0 aliphatic heterocycles. The van der Waals surface area contributed by atoms with Gasteiger partial charge in [-0.1, -0.05) is 49.5 Å². The van der Waals surface area contributed by atoms with Gasteiger partial charge in [-0.05, 0) is 94.8 Å². The average molecular weight is 735 g/mol. The summed E-state index contributed by atoms with van der Waals surface area (Å²) in [6.07, 6.45) is 1.36. The van der Waals surface area contributed by atoms with Gasteiger partial charge in [0, 0.05) is 36.3 Å². The Balaban J connectivity index is 1.45. The summed E-state index contributed by atoms with van der Waals surface area (Å²) in [6, 6.07) is 23.1. The molecule has 2 amide bonds. The number of hydrogen-bond acceptors (Lipinski definition) is 5. The summed E-state index contributed by atoms with van der Waals surface area (Å²) in [4.78, 5) is 37.9. The number of hydrazone groups is 1. The minimum Gasteiger partial charge on any atom is -0.421 e. The molecule has 4 aromatic rings. The molecule has 0 atom stereocenters. The van der Waals surface area contributed by atoms with E-state index in [1.54, 1.807) is 78.9 Å². The zero-order valence-electron chi connectivity index (χ0n) is 19.8. The first-order valence-electron chi connectivity index (χ1n) is 11.2. The molecular weight excluding hydrogens is 717 g/mol. The first-order chi connectivity index (χ1) is 18.7. The van der Waals surface area contributed by atoms with Gasteiger partial charge in [0.1, 0.15) is 0 Å². The normalized spacial score (nSPS) is 10.8. The van der Waals surface area contributed by atoms with Crippen LogP contribution in [0.1, 0.15) is 36.6 Å². The Labute approximate surface area is 254 Å². The standard InChI is InChI=1S/C28H17Br3ClN3O4/c29-20-8-4-16(5-9-20)26(36)34-23-3-1-2-18(13-23)27(37)35-33-15-19-12-21(30)14-24(31)25(19)39-28(38)17-6-10-22(32)11-7-17/h1-15H,(H,34,36)(H,35,37). The molecule has 0 saturated heterocycles. The lowest BCUT2D eigenvalue weighted by Crippen LogP contribution is -2.18. The molecule has 0 spiro atoms. The second-order valence-corrected chi connectivity index (χ2v) is 11.1. The molecule has 0 radical (unpaired) electrons. The fraction of sp³-hybridized carbons (Fsp3) is 0. The van der Waals surface area contributed by atoms with Crippen LogP contribution in [0.2, 0.25) is 5.02 Å². The molecule has 0 bridgehead atoms. The monoisotopic (exact) mass is 731 g/mol. The Bertz CT molecular complexity index is 1580. The molecule has 4 rings (SSSR count). The first-order valence-corrected chi connectivity index (χ1v) is 13.9. The predicted octanol–water partition coefficient (Wildman–Crippen LogP) is 7.86. The van der Waals surface area contributed by atoms with Gasteiger partial charge in [-0.3, -0.25) is 9.59 Å². The molecule has 0 saturated carbocycles. The largest absolute Gasteiger partial charge is 0.421 e. The molecule has 196 valence electrons. The third-order valence-electron chi connectivity index (χ3n) is 5.17. The van der Waals surface area contributed by atoms with Gasteiger partial charge in [0.2, 0.25) is 0 Å². The van der Waals surface area contributed by atoms with Gasteiger partial charge in [0.05, 0.1) is 16.3 Å². The van der Waals surface area contributed by atoms with Gasteiger partial charge in [0.15, 0.2) is 5.75 Å². The lowest BCUT2D eigenvalue weighted by molar-refractivity contribution is 0.0732. The number of hydrogen-bond donors (Lipinski definition) is 2. The van der Waals surface area contributed by atoms with Crippen LogP contribution in [-0.4, -0.2) is 24.0 Å². The van der Waals surface area contributed by atoms with E-state index in [4.69, 9.17) is 16.3 Å². The zero-order chi connectivity index (χ0) is 27.9. The van der Waals surface area contributed by atoms with Gasteiger partial charge in [0.25, 0.3) is 11.8 Å². The summed E-state index contributed by atoms with van der Waals surface area (Å²) >= 11 is 16.0. The van der Waals surface area contributed by atoms with Crippen LogP contribution in [0.3, 0.4) is 0 Å². The minimum absolute atomic E-state index is 0.216. The van der Waals surface area contributed by atoms with Crippen molar-refractivity contribution in [1.82, 2.24) is 5.43 Å². The molecule has 0 aliphatic rings. The molecule has 7 nitrogen and oxygen atoms in total. The molecule has 4 aromatic carbocycles. The van der Waals surface area contributed by atoms with E-state index in [9.17, 15) is 14.4 Å². The fourth-order valence-electron chi connectivity index (χ4n) is 3.29. The smallest absolute Gasteiger partial charge is 0.343 e. The second kappa shape index (κ2) is 13.2. The highest BCUT2D eigenvalue weighted by Crippen LogP contribution is 2.33. The summed E-state index contributed by atoms with van der Waals surface area (Å²) in [7, 11) is 0. The van der Waals surface area contributed by atoms with Crippen molar-refractivity contribution in [3.05, 3.63) is 126 Å². The summed E-state index contributed by atoms with van der Waals surface area (Å²) in [5.41, 5.74) is 4.40. The molecule has 0 aliphatic carbocycles. The maximum Gasteiger partial charge on any atom is 0.343 e. The van der Waals surface area contributed by atoms with Crippen LogP contribution in [0.15, 0.2) is 103 Å². The Hall–Kier alpha value is -3.31. The molecule has 39 heavy (non-hydrogen) atoms. The summed E-state index contributed by atoms with van der Waals surface area (Å²) < 4.78 is 7.66. The van der Waals surface area contributed by atoms with Gasteiger partial charge in [-0.25, -0.2) is 10.2 Å². The van der Waals surface area contributed by atoms with Crippen LogP contribution in [0, 0.1) is 0 Å². The van der Waals surface area contributed by atoms with Crippen molar-refractivity contribution < 1.29 is 19.1 Å². The minimum atomic E-state index is -0.588. The third kappa shape index (κ3) is 7.86. The quantitative estimate of drug-likeness (QED) is 0.0875. The van der Waals surface area contributed by atoms with Gasteiger partial charge in [-0.2, -0.15) is 5.10 Å². The van der Waals surface area contributed by atoms with Crippen LogP contribution in [0.5, 0.6) is 5.75 Å². The van der Waals surface area contributed by atoms with Gasteiger partial charge < -0.3 is 10.1 Å². The van der Waals surface area contributed by atoms with E-state index in [0.29, 0.717) is 36.3 Å². The summed E-state index contributed by atoms with van der Waals surface area (Å²) in [5, 5.41) is 7.30. The van der Waals surface area contributed by atoms with E-state index in [-0.39, 0.29) is 17.2 Å². The number of carbonyl (C=O) groups excluding carboxylic acids is 3. The Morgan fingerprint density at radius 2 is 1.46 bits per heavy atom. The van der Waals surface area contributed by atoms with Crippen molar-refractivity contribution in [2.24, 2.45) is 5.10 Å². The average Bonchev–Trinajstić information content (AvgIpc) is 2.91. The summed E-state index contributed by atoms with van der Waals surface area (Å²) in [5.74, 6) is -1.18. The second-order valence-electron chi connectivity index (χ2n) is 7.94.